The maximum absolute atomic E-state index is 13.8. The largest absolute Gasteiger partial charge is 0.450 e. The quantitative estimate of drug-likeness (QED) is 0.0638. The number of rotatable bonds is 8. The van der Waals surface area contributed by atoms with Gasteiger partial charge in [-0.2, -0.15) is 0 Å². The second kappa shape index (κ2) is 11.4. The standard InChI is InChI=1S/C38H30Cl2N2O5/c1-19-3-2-4-26-29(38(46)47-31(15-16-39)35(43)21-5-9-22(40)10-6-21)18-30(41-34(19)26)20-7-11-23(12-8-20)42-36(44)32-24-13-14-25(28-17-27(24)28)33(32)37(42)45/h2-14,18,24-25,27-28,31-33H,15-17H2,1H3. The Kier molecular flexibility index (Phi) is 7.30. The van der Waals surface area contributed by atoms with Crippen molar-refractivity contribution in [2.45, 2.75) is 25.9 Å². The van der Waals surface area contributed by atoms with Crippen molar-refractivity contribution in [2.75, 3.05) is 10.8 Å². The number of nitrogens with zero attached hydrogens (tertiary/aromatic N) is 2. The number of esters is 1. The molecule has 1 aromatic heterocycles. The molecule has 4 aromatic rings. The Morgan fingerprint density at radius 1 is 0.936 bits per heavy atom. The lowest BCUT2D eigenvalue weighted by atomic mass is 9.63. The van der Waals surface area contributed by atoms with Crippen molar-refractivity contribution in [3.05, 3.63) is 107 Å². The second-order valence-corrected chi connectivity index (χ2v) is 13.8. The lowest BCUT2D eigenvalue weighted by Gasteiger charge is -2.37. The number of amides is 2. The van der Waals surface area contributed by atoms with Gasteiger partial charge in [0, 0.05) is 33.8 Å². The van der Waals surface area contributed by atoms with Crippen LogP contribution in [0.1, 0.15) is 39.1 Å². The zero-order chi connectivity index (χ0) is 32.6. The van der Waals surface area contributed by atoms with Gasteiger partial charge in [-0.15, -0.1) is 11.6 Å². The van der Waals surface area contributed by atoms with E-state index in [9.17, 15) is 19.2 Å². The first-order valence-corrected chi connectivity index (χ1v) is 16.8. The molecule has 1 saturated heterocycles. The van der Waals surface area contributed by atoms with Gasteiger partial charge in [0.05, 0.1) is 34.3 Å². The van der Waals surface area contributed by atoms with Crippen molar-refractivity contribution in [3.8, 4) is 11.3 Å². The zero-order valence-electron chi connectivity index (χ0n) is 25.4. The van der Waals surface area contributed by atoms with Crippen LogP contribution in [0, 0.1) is 42.4 Å². The molecule has 2 amide bonds. The number of imide groups is 1. The number of alkyl halides is 1. The maximum Gasteiger partial charge on any atom is 0.339 e. The van der Waals surface area contributed by atoms with E-state index in [0.29, 0.717) is 50.3 Å². The van der Waals surface area contributed by atoms with E-state index < -0.39 is 12.1 Å². The molecular formula is C38H30Cl2N2O5. The highest BCUT2D eigenvalue weighted by Gasteiger charge is 2.67. The molecule has 0 N–H and O–H groups in total. The number of fused-ring (bicyclic) bond motifs is 1. The molecule has 2 saturated carbocycles. The topological polar surface area (TPSA) is 93.6 Å². The van der Waals surface area contributed by atoms with E-state index in [4.69, 9.17) is 32.9 Å². The van der Waals surface area contributed by atoms with Gasteiger partial charge < -0.3 is 4.74 Å². The molecule has 2 bridgehead atoms. The third-order valence-corrected chi connectivity index (χ3v) is 10.9. The summed E-state index contributed by atoms with van der Waals surface area (Å²) in [5, 5.41) is 1.08. The highest BCUT2D eigenvalue weighted by molar-refractivity contribution is 6.30. The Hall–Kier alpha value is -4.33. The van der Waals surface area contributed by atoms with Crippen LogP contribution in [0.2, 0.25) is 5.02 Å². The Morgan fingerprint density at radius 2 is 1.60 bits per heavy atom. The highest BCUT2D eigenvalue weighted by atomic mass is 35.5. The number of carbonyl (C=O) groups is 4. The fourth-order valence-electron chi connectivity index (χ4n) is 8.04. The minimum absolute atomic E-state index is 0.110. The number of halogens is 2. The minimum Gasteiger partial charge on any atom is -0.450 e. The molecule has 9 rings (SSSR count). The van der Waals surface area contributed by atoms with Gasteiger partial charge in [-0.3, -0.25) is 19.3 Å². The van der Waals surface area contributed by atoms with E-state index in [1.54, 1.807) is 48.5 Å². The van der Waals surface area contributed by atoms with Gasteiger partial charge in [0.25, 0.3) is 0 Å². The van der Waals surface area contributed by atoms with E-state index >= 15 is 0 Å². The number of hydrogen-bond donors (Lipinski definition) is 0. The summed E-state index contributed by atoms with van der Waals surface area (Å²) in [7, 11) is 0. The van der Waals surface area contributed by atoms with Crippen molar-refractivity contribution in [3.63, 3.8) is 0 Å². The molecule has 3 fully saturated rings. The molecule has 236 valence electrons. The van der Waals surface area contributed by atoms with Gasteiger partial charge >= 0.3 is 5.97 Å². The highest BCUT2D eigenvalue weighted by Crippen LogP contribution is 2.65. The predicted molar refractivity (Wildman–Crippen MR) is 179 cm³/mol. The first kappa shape index (κ1) is 30.0. The van der Waals surface area contributed by atoms with Crippen LogP contribution in [0.4, 0.5) is 5.69 Å². The summed E-state index contributed by atoms with van der Waals surface area (Å²) in [5.74, 6) is -0.292. The summed E-state index contributed by atoms with van der Waals surface area (Å²) in [6.45, 7) is 1.91. The number of Topliss-reactive ketones (excluding diaryl/α,β-unsaturated/α-hetero) is 1. The number of allylic oxidation sites excluding steroid dienone is 2. The number of aromatic nitrogens is 1. The molecule has 7 unspecified atom stereocenters. The third kappa shape index (κ3) is 4.90. The van der Waals surface area contributed by atoms with Gasteiger partial charge in [0.1, 0.15) is 0 Å². The second-order valence-electron chi connectivity index (χ2n) is 13.0. The van der Waals surface area contributed by atoms with Gasteiger partial charge in [0.2, 0.25) is 17.6 Å². The van der Waals surface area contributed by atoms with Crippen LogP contribution in [0.5, 0.6) is 0 Å². The minimum atomic E-state index is -1.09. The molecule has 7 atom stereocenters. The summed E-state index contributed by atoms with van der Waals surface area (Å²) in [5.41, 5.74) is 3.85. The van der Waals surface area contributed by atoms with Gasteiger partial charge in [-0.05, 0) is 85.0 Å². The van der Waals surface area contributed by atoms with Gasteiger partial charge in [-0.25, -0.2) is 9.78 Å². The molecule has 47 heavy (non-hydrogen) atoms. The summed E-state index contributed by atoms with van der Waals surface area (Å²) < 4.78 is 5.83. The lowest BCUT2D eigenvalue weighted by Crippen LogP contribution is -2.40. The Morgan fingerprint density at radius 3 is 2.23 bits per heavy atom. The van der Waals surface area contributed by atoms with Crippen molar-refractivity contribution in [1.29, 1.82) is 0 Å². The van der Waals surface area contributed by atoms with E-state index in [1.165, 1.54) is 4.90 Å². The Labute approximate surface area is 281 Å². The number of ketones is 1. The molecule has 0 radical (unpaired) electrons. The van der Waals surface area contributed by atoms with Crippen LogP contribution >= 0.6 is 23.2 Å². The van der Waals surface area contributed by atoms with Gasteiger partial charge in [0.15, 0.2) is 6.10 Å². The number of carbonyl (C=O) groups excluding carboxylic acids is 4. The predicted octanol–water partition coefficient (Wildman–Crippen LogP) is 7.46. The van der Waals surface area contributed by atoms with E-state index in [1.807, 2.05) is 31.2 Å². The molecule has 4 aliphatic carbocycles. The number of benzene rings is 3. The van der Waals surface area contributed by atoms with Crippen LogP contribution in [-0.4, -0.2) is 40.5 Å². The summed E-state index contributed by atoms with van der Waals surface area (Å²) in [4.78, 5) is 60.6. The zero-order valence-corrected chi connectivity index (χ0v) is 26.9. The number of anilines is 1. The maximum atomic E-state index is 13.8. The Balaban J connectivity index is 1.10. The van der Waals surface area contributed by atoms with Crippen molar-refractivity contribution in [1.82, 2.24) is 4.98 Å². The summed E-state index contributed by atoms with van der Waals surface area (Å²) in [6.07, 6.45) is 4.50. The van der Waals surface area contributed by atoms with Crippen LogP contribution < -0.4 is 4.90 Å². The fraction of sp³-hybridized carbons (Fsp3) is 0.289. The molecule has 0 spiro atoms. The van der Waals surface area contributed by atoms with Crippen molar-refractivity contribution in [2.24, 2.45) is 35.5 Å². The fourth-order valence-corrected chi connectivity index (χ4v) is 8.36. The first-order chi connectivity index (χ1) is 22.7. The van der Waals surface area contributed by atoms with Crippen molar-refractivity contribution >= 4 is 63.4 Å². The number of ether oxygens (including phenoxy) is 1. The lowest BCUT2D eigenvalue weighted by molar-refractivity contribution is -0.124. The molecule has 7 nitrogen and oxygen atoms in total. The molecule has 5 aliphatic rings. The molecule has 3 aromatic carbocycles. The van der Waals surface area contributed by atoms with E-state index in [2.05, 4.69) is 12.2 Å². The number of pyridine rings is 1. The van der Waals surface area contributed by atoms with E-state index in [0.717, 1.165) is 12.0 Å². The molecule has 1 aliphatic heterocycles. The molecule has 9 heteroatoms. The van der Waals surface area contributed by atoms with Crippen molar-refractivity contribution < 1.29 is 23.9 Å². The average Bonchev–Trinajstić information content (AvgIpc) is 3.86. The number of hydrogen-bond acceptors (Lipinski definition) is 6. The van der Waals surface area contributed by atoms with Crippen LogP contribution in [0.3, 0.4) is 0 Å². The number of para-hydroxylation sites is 1. The average molecular weight is 666 g/mol. The first-order valence-electron chi connectivity index (χ1n) is 15.9. The van der Waals surface area contributed by atoms with Crippen LogP contribution in [-0.2, 0) is 14.3 Å². The Bertz CT molecular complexity index is 1970. The molecular weight excluding hydrogens is 635 g/mol. The van der Waals surface area contributed by atoms with Gasteiger partial charge in [-0.1, -0.05) is 54.1 Å². The van der Waals surface area contributed by atoms with E-state index in [-0.39, 0.29) is 59.1 Å². The summed E-state index contributed by atoms with van der Waals surface area (Å²) in [6, 6.07) is 20.7. The third-order valence-electron chi connectivity index (χ3n) is 10.4. The normalized spacial score (nSPS) is 25.9. The summed E-state index contributed by atoms with van der Waals surface area (Å²) >= 11 is 12.0. The smallest absolute Gasteiger partial charge is 0.339 e. The number of aryl methyl sites for hydroxylation is 1. The van der Waals surface area contributed by atoms with Crippen LogP contribution in [0.15, 0.2) is 84.9 Å². The SMILES string of the molecule is Cc1cccc2c(C(=O)OC(CCCl)C(=O)c3ccc(Cl)cc3)cc(-c3ccc(N4C(=O)C5C6C=CC(C7CC67)C5C4=O)cc3)nc12. The van der Waals surface area contributed by atoms with Crippen LogP contribution in [0.25, 0.3) is 22.2 Å². The molecule has 2 heterocycles. The monoisotopic (exact) mass is 664 g/mol.